The molecule has 5 heteroatoms. The molecule has 0 saturated heterocycles. The zero-order valence-electron chi connectivity index (χ0n) is 15.0. The van der Waals surface area contributed by atoms with Crippen LogP contribution in [0.15, 0.2) is 30.3 Å². The highest BCUT2D eigenvalue weighted by Crippen LogP contribution is 2.07. The monoisotopic (exact) mass is 335 g/mol. The molecule has 0 aromatic heterocycles. The van der Waals surface area contributed by atoms with Gasteiger partial charge in [-0.1, -0.05) is 58.2 Å². The molecule has 5 nitrogen and oxygen atoms in total. The number of hydrogen-bond acceptors (Lipinski definition) is 4. The highest BCUT2D eigenvalue weighted by atomic mass is 16.6. The van der Waals surface area contributed by atoms with Crippen LogP contribution >= 0.6 is 0 Å². The van der Waals surface area contributed by atoms with E-state index in [4.69, 9.17) is 9.47 Å². The molecular weight excluding hydrogens is 306 g/mol. The summed E-state index contributed by atoms with van der Waals surface area (Å²) in [7, 11) is 0. The van der Waals surface area contributed by atoms with Crippen molar-refractivity contribution in [1.29, 1.82) is 0 Å². The van der Waals surface area contributed by atoms with Crippen molar-refractivity contribution in [3.05, 3.63) is 35.9 Å². The Kier molecular flexibility index (Phi) is 9.58. The maximum absolute atomic E-state index is 12.2. The SMILES string of the molecule is CCCCCCN(COC(=O)c1ccccc1)C(=O)OCC(C)C. The largest absolute Gasteiger partial charge is 0.449 e. The van der Waals surface area contributed by atoms with Gasteiger partial charge >= 0.3 is 12.1 Å². The van der Waals surface area contributed by atoms with Crippen LogP contribution in [0.4, 0.5) is 4.79 Å². The molecule has 0 N–H and O–H groups in total. The molecule has 0 aliphatic heterocycles. The minimum absolute atomic E-state index is 0.0865. The minimum atomic E-state index is -0.439. The summed E-state index contributed by atoms with van der Waals surface area (Å²) in [6.07, 6.45) is 3.73. The quantitative estimate of drug-likeness (QED) is 0.359. The summed E-state index contributed by atoms with van der Waals surface area (Å²) in [5.74, 6) is -0.173. The number of carbonyl (C=O) groups is 2. The van der Waals surface area contributed by atoms with Gasteiger partial charge in [-0.15, -0.1) is 0 Å². The smallest absolute Gasteiger partial charge is 0.412 e. The average Bonchev–Trinajstić information content (AvgIpc) is 2.59. The third kappa shape index (κ3) is 7.99. The summed E-state index contributed by atoms with van der Waals surface area (Å²) in [6, 6.07) is 8.75. The van der Waals surface area contributed by atoms with Gasteiger partial charge in [0.2, 0.25) is 0 Å². The highest BCUT2D eigenvalue weighted by Gasteiger charge is 2.17. The number of carbonyl (C=O) groups excluding carboxylic acids is 2. The Labute approximate surface area is 144 Å². The molecule has 0 aliphatic rings. The average molecular weight is 335 g/mol. The van der Waals surface area contributed by atoms with Gasteiger partial charge < -0.3 is 9.47 Å². The molecule has 0 heterocycles. The summed E-state index contributed by atoms with van der Waals surface area (Å²) in [5.41, 5.74) is 0.471. The Bertz CT molecular complexity index is 487. The van der Waals surface area contributed by atoms with Crippen molar-refractivity contribution in [2.45, 2.75) is 46.5 Å². The molecule has 1 aromatic carbocycles. The van der Waals surface area contributed by atoms with Gasteiger partial charge in [0.15, 0.2) is 6.73 Å². The van der Waals surface area contributed by atoms with Crippen molar-refractivity contribution < 1.29 is 19.1 Å². The normalized spacial score (nSPS) is 10.5. The lowest BCUT2D eigenvalue weighted by molar-refractivity contribution is 0.0158. The number of rotatable bonds is 10. The number of hydrogen-bond donors (Lipinski definition) is 0. The Morgan fingerprint density at radius 1 is 1.04 bits per heavy atom. The summed E-state index contributed by atoms with van der Waals surface area (Å²) in [5, 5.41) is 0. The first kappa shape index (κ1) is 20.0. The molecular formula is C19H29NO4. The molecule has 24 heavy (non-hydrogen) atoms. The van der Waals surface area contributed by atoms with Crippen molar-refractivity contribution in [1.82, 2.24) is 4.90 Å². The topological polar surface area (TPSA) is 55.8 Å². The van der Waals surface area contributed by atoms with E-state index < -0.39 is 12.1 Å². The molecule has 0 atom stereocenters. The fraction of sp³-hybridized carbons (Fsp3) is 0.579. The molecule has 0 saturated carbocycles. The van der Waals surface area contributed by atoms with E-state index in [0.717, 1.165) is 25.7 Å². The van der Waals surface area contributed by atoms with E-state index >= 15 is 0 Å². The van der Waals surface area contributed by atoms with E-state index in [0.29, 0.717) is 18.7 Å². The van der Waals surface area contributed by atoms with Crippen molar-refractivity contribution in [3.63, 3.8) is 0 Å². The summed E-state index contributed by atoms with van der Waals surface area (Å²) in [6.45, 7) is 6.89. The number of unbranched alkanes of at least 4 members (excludes halogenated alkanes) is 3. The van der Waals surface area contributed by atoms with Crippen LogP contribution < -0.4 is 0 Å². The molecule has 1 amide bonds. The Morgan fingerprint density at radius 2 is 1.75 bits per heavy atom. The van der Waals surface area contributed by atoms with E-state index in [1.54, 1.807) is 24.3 Å². The van der Waals surface area contributed by atoms with E-state index in [1.807, 2.05) is 19.9 Å². The molecule has 134 valence electrons. The van der Waals surface area contributed by atoms with Crippen molar-refractivity contribution in [2.24, 2.45) is 5.92 Å². The van der Waals surface area contributed by atoms with Crippen LogP contribution in [0.1, 0.15) is 56.8 Å². The summed E-state index contributed by atoms with van der Waals surface area (Å²) >= 11 is 0. The predicted octanol–water partition coefficient (Wildman–Crippen LogP) is 4.48. The van der Waals surface area contributed by atoms with Gasteiger partial charge in [-0.2, -0.15) is 0 Å². The van der Waals surface area contributed by atoms with E-state index in [-0.39, 0.29) is 12.6 Å². The van der Waals surface area contributed by atoms with E-state index in [1.165, 1.54) is 4.90 Å². The Balaban J connectivity index is 2.53. The van der Waals surface area contributed by atoms with Crippen LogP contribution in [0.25, 0.3) is 0 Å². The lowest BCUT2D eigenvalue weighted by Crippen LogP contribution is -2.36. The van der Waals surface area contributed by atoms with Crippen LogP contribution in [0.3, 0.4) is 0 Å². The van der Waals surface area contributed by atoms with E-state index in [9.17, 15) is 9.59 Å². The van der Waals surface area contributed by atoms with Crippen molar-refractivity contribution in [3.8, 4) is 0 Å². The van der Waals surface area contributed by atoms with Gasteiger partial charge in [-0.3, -0.25) is 4.90 Å². The molecule has 0 radical (unpaired) electrons. The molecule has 1 aromatic rings. The molecule has 0 aliphatic carbocycles. The molecule has 0 unspecified atom stereocenters. The van der Waals surface area contributed by atoms with Gasteiger partial charge in [-0.25, -0.2) is 9.59 Å². The van der Waals surface area contributed by atoms with Gasteiger partial charge in [0.05, 0.1) is 12.2 Å². The highest BCUT2D eigenvalue weighted by molar-refractivity contribution is 5.89. The van der Waals surface area contributed by atoms with Crippen LogP contribution in [0, 0.1) is 5.92 Å². The van der Waals surface area contributed by atoms with Gasteiger partial charge in [0.25, 0.3) is 0 Å². The Hall–Kier alpha value is -2.04. The van der Waals surface area contributed by atoms with Gasteiger partial charge in [0, 0.05) is 6.54 Å². The molecule has 0 fully saturated rings. The van der Waals surface area contributed by atoms with Gasteiger partial charge in [-0.05, 0) is 24.5 Å². The lowest BCUT2D eigenvalue weighted by Gasteiger charge is -2.22. The predicted molar refractivity (Wildman–Crippen MR) is 93.8 cm³/mol. The number of amides is 1. The molecule has 0 bridgehead atoms. The lowest BCUT2D eigenvalue weighted by atomic mass is 10.2. The fourth-order valence-electron chi connectivity index (χ4n) is 2.06. The van der Waals surface area contributed by atoms with Crippen molar-refractivity contribution >= 4 is 12.1 Å². The fourth-order valence-corrected chi connectivity index (χ4v) is 2.06. The number of benzene rings is 1. The standard InChI is InChI=1S/C19H29NO4/c1-4-5-6-10-13-20(19(22)23-14-16(2)3)15-24-18(21)17-11-8-7-9-12-17/h7-9,11-12,16H,4-6,10,13-15H2,1-3H3. The summed E-state index contributed by atoms with van der Waals surface area (Å²) < 4.78 is 10.5. The van der Waals surface area contributed by atoms with Crippen LogP contribution in [0.2, 0.25) is 0 Å². The zero-order chi connectivity index (χ0) is 17.8. The molecule has 1 rings (SSSR count). The summed E-state index contributed by atoms with van der Waals surface area (Å²) in [4.78, 5) is 25.6. The Morgan fingerprint density at radius 3 is 2.38 bits per heavy atom. The van der Waals surface area contributed by atoms with Crippen molar-refractivity contribution in [2.75, 3.05) is 19.9 Å². The first-order valence-electron chi connectivity index (χ1n) is 8.68. The second kappa shape index (κ2) is 11.5. The second-order valence-electron chi connectivity index (χ2n) is 6.22. The van der Waals surface area contributed by atoms with E-state index in [2.05, 4.69) is 6.92 Å². The third-order valence-electron chi connectivity index (χ3n) is 3.44. The first-order valence-corrected chi connectivity index (χ1v) is 8.68. The van der Waals surface area contributed by atoms with Crippen LogP contribution in [-0.4, -0.2) is 36.8 Å². The minimum Gasteiger partial charge on any atom is -0.449 e. The third-order valence-corrected chi connectivity index (χ3v) is 3.44. The van der Waals surface area contributed by atoms with Crippen LogP contribution in [-0.2, 0) is 9.47 Å². The molecule has 0 spiro atoms. The van der Waals surface area contributed by atoms with Gasteiger partial charge in [0.1, 0.15) is 0 Å². The zero-order valence-corrected chi connectivity index (χ0v) is 15.0. The van der Waals surface area contributed by atoms with Crippen LogP contribution in [0.5, 0.6) is 0 Å². The first-order chi connectivity index (χ1) is 11.5. The number of ether oxygens (including phenoxy) is 2. The maximum Gasteiger partial charge on any atom is 0.412 e. The second-order valence-corrected chi connectivity index (χ2v) is 6.22. The number of nitrogens with zero attached hydrogens (tertiary/aromatic N) is 1. The maximum atomic E-state index is 12.2. The number of esters is 1.